The first kappa shape index (κ1) is 14.8. The molecule has 5 heteroatoms. The van der Waals surface area contributed by atoms with Crippen molar-refractivity contribution >= 4 is 5.97 Å². The van der Waals surface area contributed by atoms with Crippen LogP contribution >= 0.6 is 0 Å². The van der Waals surface area contributed by atoms with Gasteiger partial charge in [0.25, 0.3) is 0 Å². The SMILES string of the molecule is COC(=O)C(COc1ccccc1O)c1ccc(F)cc1. The van der Waals surface area contributed by atoms with Crippen molar-refractivity contribution in [1.82, 2.24) is 0 Å². The molecule has 2 rings (SSSR count). The fraction of sp³-hybridized carbons (Fsp3) is 0.188. The summed E-state index contributed by atoms with van der Waals surface area (Å²) in [6.45, 7) is -0.0180. The van der Waals surface area contributed by atoms with E-state index in [0.717, 1.165) is 0 Å². The average molecular weight is 290 g/mol. The van der Waals surface area contributed by atoms with Crippen molar-refractivity contribution in [3.05, 3.63) is 59.9 Å². The number of phenolic OH excluding ortho intramolecular Hbond substituents is 1. The Morgan fingerprint density at radius 3 is 2.48 bits per heavy atom. The minimum Gasteiger partial charge on any atom is -0.504 e. The van der Waals surface area contributed by atoms with Crippen LogP contribution in [0.25, 0.3) is 0 Å². The molecule has 2 aromatic rings. The van der Waals surface area contributed by atoms with Crippen LogP contribution in [0.4, 0.5) is 4.39 Å². The Hall–Kier alpha value is -2.56. The molecule has 1 N–H and O–H groups in total. The van der Waals surface area contributed by atoms with Gasteiger partial charge >= 0.3 is 5.97 Å². The molecule has 0 saturated carbocycles. The van der Waals surface area contributed by atoms with Gasteiger partial charge < -0.3 is 14.6 Å². The normalized spacial score (nSPS) is 11.7. The second-order valence-electron chi connectivity index (χ2n) is 4.41. The first-order valence-corrected chi connectivity index (χ1v) is 6.36. The van der Waals surface area contributed by atoms with E-state index >= 15 is 0 Å². The minimum absolute atomic E-state index is 0.0137. The summed E-state index contributed by atoms with van der Waals surface area (Å²) in [7, 11) is 1.28. The number of hydrogen-bond donors (Lipinski definition) is 1. The van der Waals surface area contributed by atoms with Crippen LogP contribution in [-0.2, 0) is 9.53 Å². The van der Waals surface area contributed by atoms with E-state index in [9.17, 15) is 14.3 Å². The van der Waals surface area contributed by atoms with Crippen LogP contribution < -0.4 is 4.74 Å². The highest BCUT2D eigenvalue weighted by molar-refractivity contribution is 5.78. The maximum absolute atomic E-state index is 13.0. The standard InChI is InChI=1S/C16H15FO4/c1-20-16(19)13(11-6-8-12(17)9-7-11)10-21-15-5-3-2-4-14(15)18/h2-9,13,18H,10H2,1H3. The molecule has 1 atom stereocenters. The van der Waals surface area contributed by atoms with Gasteiger partial charge in [-0.15, -0.1) is 0 Å². The minimum atomic E-state index is -0.699. The Morgan fingerprint density at radius 1 is 1.19 bits per heavy atom. The lowest BCUT2D eigenvalue weighted by Gasteiger charge is -2.16. The third-order valence-corrected chi connectivity index (χ3v) is 3.03. The molecule has 0 saturated heterocycles. The van der Waals surface area contributed by atoms with Gasteiger partial charge in [0.15, 0.2) is 11.5 Å². The molecular formula is C16H15FO4. The average Bonchev–Trinajstić information content (AvgIpc) is 2.50. The molecule has 0 aliphatic rings. The molecule has 0 amide bonds. The van der Waals surface area contributed by atoms with E-state index in [1.54, 1.807) is 18.2 Å². The number of para-hydroxylation sites is 2. The topological polar surface area (TPSA) is 55.8 Å². The number of rotatable bonds is 5. The van der Waals surface area contributed by atoms with Crippen LogP contribution in [0.3, 0.4) is 0 Å². The maximum atomic E-state index is 13.0. The first-order valence-electron chi connectivity index (χ1n) is 6.36. The largest absolute Gasteiger partial charge is 0.504 e. The highest BCUT2D eigenvalue weighted by Gasteiger charge is 2.23. The molecule has 0 aromatic heterocycles. The number of methoxy groups -OCH3 is 1. The van der Waals surface area contributed by atoms with Gasteiger partial charge in [-0.25, -0.2) is 4.39 Å². The number of benzene rings is 2. The molecule has 0 heterocycles. The second-order valence-corrected chi connectivity index (χ2v) is 4.41. The van der Waals surface area contributed by atoms with Crippen LogP contribution in [0, 0.1) is 5.82 Å². The van der Waals surface area contributed by atoms with Gasteiger partial charge in [0.1, 0.15) is 18.3 Å². The van der Waals surface area contributed by atoms with E-state index < -0.39 is 11.9 Å². The fourth-order valence-electron chi connectivity index (χ4n) is 1.89. The van der Waals surface area contributed by atoms with Crippen molar-refractivity contribution < 1.29 is 23.8 Å². The van der Waals surface area contributed by atoms with Crippen molar-refractivity contribution in [2.45, 2.75) is 5.92 Å². The summed E-state index contributed by atoms with van der Waals surface area (Å²) in [5, 5.41) is 9.64. The maximum Gasteiger partial charge on any atom is 0.316 e. The van der Waals surface area contributed by atoms with Crippen LogP contribution in [0.2, 0.25) is 0 Å². The summed E-state index contributed by atoms with van der Waals surface area (Å²) in [5.41, 5.74) is 0.582. The Balaban J connectivity index is 2.16. The number of esters is 1. The molecule has 0 spiro atoms. The van der Waals surface area contributed by atoms with Gasteiger partial charge in [0, 0.05) is 0 Å². The molecular weight excluding hydrogens is 275 g/mol. The van der Waals surface area contributed by atoms with Crippen molar-refractivity contribution in [3.8, 4) is 11.5 Å². The lowest BCUT2D eigenvalue weighted by Crippen LogP contribution is -2.21. The van der Waals surface area contributed by atoms with Crippen molar-refractivity contribution in [2.24, 2.45) is 0 Å². The molecule has 1 unspecified atom stereocenters. The summed E-state index contributed by atoms with van der Waals surface area (Å²) < 4.78 is 23.2. The zero-order valence-corrected chi connectivity index (χ0v) is 11.5. The number of carbonyl (C=O) groups is 1. The van der Waals surface area contributed by atoms with Gasteiger partial charge in [0.2, 0.25) is 0 Å². The summed E-state index contributed by atoms with van der Waals surface area (Å²) in [6, 6.07) is 12.0. The van der Waals surface area contributed by atoms with Gasteiger partial charge in [-0.2, -0.15) is 0 Å². The Kier molecular flexibility index (Phi) is 4.77. The van der Waals surface area contributed by atoms with E-state index in [-0.39, 0.29) is 23.9 Å². The van der Waals surface area contributed by atoms with Crippen molar-refractivity contribution in [2.75, 3.05) is 13.7 Å². The predicted octanol–water partition coefficient (Wildman–Crippen LogP) is 2.87. The summed E-state index contributed by atoms with van der Waals surface area (Å²) in [5.74, 6) is -1.31. The van der Waals surface area contributed by atoms with Crippen molar-refractivity contribution in [1.29, 1.82) is 0 Å². The van der Waals surface area contributed by atoms with Gasteiger partial charge in [0.05, 0.1) is 7.11 Å². The molecule has 0 aliphatic carbocycles. The molecule has 4 nitrogen and oxygen atoms in total. The van der Waals surface area contributed by atoms with E-state index in [2.05, 4.69) is 0 Å². The van der Waals surface area contributed by atoms with E-state index in [4.69, 9.17) is 9.47 Å². The fourth-order valence-corrected chi connectivity index (χ4v) is 1.89. The number of hydrogen-bond acceptors (Lipinski definition) is 4. The first-order chi connectivity index (χ1) is 10.1. The molecule has 2 aromatic carbocycles. The monoisotopic (exact) mass is 290 g/mol. The van der Waals surface area contributed by atoms with E-state index in [1.165, 1.54) is 37.4 Å². The van der Waals surface area contributed by atoms with Crippen LogP contribution in [-0.4, -0.2) is 24.8 Å². The molecule has 0 aliphatic heterocycles. The van der Waals surface area contributed by atoms with Gasteiger partial charge in [-0.05, 0) is 29.8 Å². The summed E-state index contributed by atoms with van der Waals surface area (Å²) in [4.78, 5) is 11.8. The number of aromatic hydroxyl groups is 1. The Morgan fingerprint density at radius 2 is 1.86 bits per heavy atom. The highest BCUT2D eigenvalue weighted by Crippen LogP contribution is 2.27. The molecule has 0 bridgehead atoms. The number of phenols is 1. The molecule has 0 fully saturated rings. The van der Waals surface area contributed by atoms with Crippen molar-refractivity contribution in [3.63, 3.8) is 0 Å². The Labute approximate surface area is 121 Å². The van der Waals surface area contributed by atoms with Crippen LogP contribution in [0.5, 0.6) is 11.5 Å². The quantitative estimate of drug-likeness (QED) is 0.860. The number of carbonyl (C=O) groups excluding carboxylic acids is 1. The van der Waals surface area contributed by atoms with Crippen LogP contribution in [0.15, 0.2) is 48.5 Å². The molecule has 110 valence electrons. The lowest BCUT2D eigenvalue weighted by atomic mass is 10.0. The third-order valence-electron chi connectivity index (χ3n) is 3.03. The van der Waals surface area contributed by atoms with Crippen LogP contribution in [0.1, 0.15) is 11.5 Å². The number of ether oxygens (including phenoxy) is 2. The number of halogens is 1. The lowest BCUT2D eigenvalue weighted by molar-refractivity contribution is -0.143. The second kappa shape index (κ2) is 6.74. The zero-order chi connectivity index (χ0) is 15.2. The van der Waals surface area contributed by atoms with Gasteiger partial charge in [-0.1, -0.05) is 24.3 Å². The molecule has 21 heavy (non-hydrogen) atoms. The third kappa shape index (κ3) is 3.72. The summed E-state index contributed by atoms with van der Waals surface area (Å²) >= 11 is 0. The van der Waals surface area contributed by atoms with E-state index in [0.29, 0.717) is 5.56 Å². The molecule has 0 radical (unpaired) electrons. The smallest absolute Gasteiger partial charge is 0.316 e. The summed E-state index contributed by atoms with van der Waals surface area (Å²) in [6.07, 6.45) is 0. The predicted molar refractivity (Wildman–Crippen MR) is 74.8 cm³/mol. The Bertz CT molecular complexity index is 610. The van der Waals surface area contributed by atoms with E-state index in [1.807, 2.05) is 0 Å². The van der Waals surface area contributed by atoms with Gasteiger partial charge in [-0.3, -0.25) is 4.79 Å². The highest BCUT2D eigenvalue weighted by atomic mass is 19.1. The zero-order valence-electron chi connectivity index (χ0n) is 11.5.